The van der Waals surface area contributed by atoms with Gasteiger partial charge in [0.05, 0.1) is 19.1 Å². The molecule has 0 bridgehead atoms. The highest BCUT2D eigenvalue weighted by Crippen LogP contribution is 2.04. The van der Waals surface area contributed by atoms with Crippen molar-refractivity contribution in [3.8, 4) is 0 Å². The number of benzene rings is 1. The first kappa shape index (κ1) is 29.5. The molecule has 0 radical (unpaired) electrons. The van der Waals surface area contributed by atoms with Crippen LogP contribution in [0.1, 0.15) is 31.2 Å². The topological polar surface area (TPSA) is 240 Å². The lowest BCUT2D eigenvalue weighted by Crippen LogP contribution is -2.58. The number of hydrogen-bond acceptors (Lipinski definition) is 8. The van der Waals surface area contributed by atoms with Gasteiger partial charge in [0.25, 0.3) is 0 Å². The normalized spacial score (nSPS) is 14.1. The third-order valence-corrected chi connectivity index (χ3v) is 5.05. The SMILES string of the molecule is NCCCCC(NC(=O)C(CC(N)=O)NC(=O)C(CO)NC(=O)C(N)Cc1ccccc1)C(=O)O. The van der Waals surface area contributed by atoms with E-state index in [0.717, 1.165) is 5.56 Å². The number of hydrogen-bond donors (Lipinski definition) is 8. The molecule has 0 aliphatic rings. The summed E-state index contributed by atoms with van der Waals surface area (Å²) in [5.74, 6) is -4.89. The van der Waals surface area contributed by atoms with E-state index in [-0.39, 0.29) is 12.8 Å². The van der Waals surface area contributed by atoms with Crippen LogP contribution >= 0.6 is 0 Å². The summed E-state index contributed by atoms with van der Waals surface area (Å²) in [6.45, 7) is -0.471. The molecule has 35 heavy (non-hydrogen) atoms. The zero-order valence-corrected chi connectivity index (χ0v) is 19.3. The number of carbonyl (C=O) groups excluding carboxylic acids is 4. The molecule has 13 nitrogen and oxygen atoms in total. The van der Waals surface area contributed by atoms with E-state index in [1.54, 1.807) is 30.3 Å². The maximum absolute atomic E-state index is 12.6. The van der Waals surface area contributed by atoms with Gasteiger partial charge in [-0.1, -0.05) is 30.3 Å². The summed E-state index contributed by atoms with van der Waals surface area (Å²) in [4.78, 5) is 60.5. The average Bonchev–Trinajstić information content (AvgIpc) is 2.81. The Morgan fingerprint density at radius 2 is 1.43 bits per heavy atom. The zero-order valence-electron chi connectivity index (χ0n) is 19.3. The van der Waals surface area contributed by atoms with Crippen LogP contribution in [0.15, 0.2) is 30.3 Å². The highest BCUT2D eigenvalue weighted by Gasteiger charge is 2.31. The lowest BCUT2D eigenvalue weighted by molar-refractivity contribution is -0.142. The first-order chi connectivity index (χ1) is 16.6. The van der Waals surface area contributed by atoms with Gasteiger partial charge >= 0.3 is 5.97 Å². The quantitative estimate of drug-likeness (QED) is 0.110. The Bertz CT molecular complexity index is 867. The van der Waals surface area contributed by atoms with Gasteiger partial charge in [0.15, 0.2) is 0 Å². The Morgan fingerprint density at radius 3 is 1.97 bits per heavy atom. The number of amides is 4. The second-order valence-electron chi connectivity index (χ2n) is 7.96. The van der Waals surface area contributed by atoms with Gasteiger partial charge in [0.2, 0.25) is 23.6 Å². The first-order valence-electron chi connectivity index (χ1n) is 11.1. The summed E-state index contributed by atoms with van der Waals surface area (Å²) < 4.78 is 0. The molecular weight excluding hydrogens is 460 g/mol. The van der Waals surface area contributed by atoms with Crippen LogP contribution in [0.5, 0.6) is 0 Å². The summed E-state index contributed by atoms with van der Waals surface area (Å²) in [5, 5.41) is 25.7. The Kier molecular flexibility index (Phi) is 12.9. The molecule has 11 N–H and O–H groups in total. The Labute approximate surface area is 202 Å². The van der Waals surface area contributed by atoms with E-state index in [2.05, 4.69) is 16.0 Å². The maximum atomic E-state index is 12.6. The van der Waals surface area contributed by atoms with Gasteiger partial charge in [0, 0.05) is 0 Å². The number of aliphatic hydroxyl groups excluding tert-OH is 1. The molecule has 4 amide bonds. The van der Waals surface area contributed by atoms with Crippen molar-refractivity contribution in [3.05, 3.63) is 35.9 Å². The van der Waals surface area contributed by atoms with Crippen molar-refractivity contribution in [3.63, 3.8) is 0 Å². The molecule has 0 heterocycles. The Morgan fingerprint density at radius 1 is 0.857 bits per heavy atom. The Balaban J connectivity index is 2.81. The van der Waals surface area contributed by atoms with Crippen LogP contribution < -0.4 is 33.2 Å². The molecule has 0 fully saturated rings. The molecule has 0 spiro atoms. The van der Waals surface area contributed by atoms with Gasteiger partial charge < -0.3 is 43.4 Å². The summed E-state index contributed by atoms with van der Waals surface area (Å²) >= 11 is 0. The number of unbranched alkanes of at least 4 members (excludes halogenated alkanes) is 1. The largest absolute Gasteiger partial charge is 0.480 e. The molecule has 0 aliphatic heterocycles. The van der Waals surface area contributed by atoms with E-state index in [1.165, 1.54) is 0 Å². The van der Waals surface area contributed by atoms with Crippen LogP contribution in [0.2, 0.25) is 0 Å². The van der Waals surface area contributed by atoms with E-state index in [4.69, 9.17) is 17.2 Å². The second kappa shape index (κ2) is 15.4. The number of carboxylic acid groups (broad SMARTS) is 1. The summed E-state index contributed by atoms with van der Waals surface area (Å²) in [6.07, 6.45) is 0.615. The summed E-state index contributed by atoms with van der Waals surface area (Å²) in [6, 6.07) is 3.61. The smallest absolute Gasteiger partial charge is 0.326 e. The third kappa shape index (κ3) is 10.9. The van der Waals surface area contributed by atoms with Crippen molar-refractivity contribution in [2.45, 2.75) is 56.3 Å². The zero-order chi connectivity index (χ0) is 26.4. The minimum Gasteiger partial charge on any atom is -0.480 e. The molecule has 4 atom stereocenters. The summed E-state index contributed by atoms with van der Waals surface area (Å²) in [5.41, 5.74) is 17.2. The van der Waals surface area contributed by atoms with E-state index in [1.807, 2.05) is 0 Å². The minimum atomic E-state index is -1.53. The predicted octanol–water partition coefficient (Wildman–Crippen LogP) is -2.91. The fraction of sp³-hybridized carbons (Fsp3) is 0.500. The number of aliphatic hydroxyl groups is 1. The highest BCUT2D eigenvalue weighted by atomic mass is 16.4. The van der Waals surface area contributed by atoms with Gasteiger partial charge in [-0.05, 0) is 37.8 Å². The van der Waals surface area contributed by atoms with E-state index < -0.39 is 66.8 Å². The maximum Gasteiger partial charge on any atom is 0.326 e. The predicted molar refractivity (Wildman–Crippen MR) is 125 cm³/mol. The lowest BCUT2D eigenvalue weighted by Gasteiger charge is -2.24. The van der Waals surface area contributed by atoms with Crippen molar-refractivity contribution in [2.75, 3.05) is 13.2 Å². The summed E-state index contributed by atoms with van der Waals surface area (Å²) in [7, 11) is 0. The molecule has 4 unspecified atom stereocenters. The van der Waals surface area contributed by atoms with E-state index in [0.29, 0.717) is 19.4 Å². The molecule has 0 aromatic heterocycles. The van der Waals surface area contributed by atoms with Gasteiger partial charge in [-0.3, -0.25) is 19.2 Å². The van der Waals surface area contributed by atoms with Crippen molar-refractivity contribution in [1.82, 2.24) is 16.0 Å². The van der Waals surface area contributed by atoms with Crippen LogP contribution in [0.3, 0.4) is 0 Å². The molecule has 1 aromatic carbocycles. The van der Waals surface area contributed by atoms with Gasteiger partial charge in [0.1, 0.15) is 18.1 Å². The second-order valence-corrected chi connectivity index (χ2v) is 7.96. The van der Waals surface area contributed by atoms with Crippen LogP contribution in [-0.2, 0) is 30.4 Å². The minimum absolute atomic E-state index is 0.0874. The van der Waals surface area contributed by atoms with E-state index in [9.17, 15) is 34.2 Å². The highest BCUT2D eigenvalue weighted by molar-refractivity contribution is 5.96. The average molecular weight is 495 g/mol. The number of carbonyl (C=O) groups is 5. The lowest BCUT2D eigenvalue weighted by atomic mass is 10.1. The van der Waals surface area contributed by atoms with Crippen molar-refractivity contribution < 1.29 is 34.2 Å². The van der Waals surface area contributed by atoms with Crippen LogP contribution in [0.4, 0.5) is 0 Å². The van der Waals surface area contributed by atoms with Crippen molar-refractivity contribution in [2.24, 2.45) is 17.2 Å². The van der Waals surface area contributed by atoms with Crippen LogP contribution in [-0.4, -0.2) is 77.1 Å². The van der Waals surface area contributed by atoms with Crippen LogP contribution in [0.25, 0.3) is 0 Å². The first-order valence-corrected chi connectivity index (χ1v) is 11.1. The molecule has 0 aliphatic carbocycles. The fourth-order valence-electron chi connectivity index (χ4n) is 3.14. The number of primary amides is 1. The number of carboxylic acids is 1. The number of rotatable bonds is 16. The molecule has 194 valence electrons. The van der Waals surface area contributed by atoms with Crippen molar-refractivity contribution in [1.29, 1.82) is 0 Å². The van der Waals surface area contributed by atoms with Gasteiger partial charge in [-0.2, -0.15) is 0 Å². The number of nitrogens with one attached hydrogen (secondary N) is 3. The molecule has 1 rings (SSSR count). The number of aliphatic carboxylic acids is 1. The monoisotopic (exact) mass is 494 g/mol. The standard InChI is InChI=1S/C22H34N6O7/c23-9-5-4-8-15(22(34)35)26-20(32)16(11-18(25)30)27-21(33)17(12-29)28-19(31)14(24)10-13-6-2-1-3-7-13/h1-3,6-7,14-17,29H,4-5,8-12,23-24H2,(H2,25,30)(H,26,32)(H,27,33)(H,28,31)(H,34,35). The van der Waals surface area contributed by atoms with Gasteiger partial charge in [-0.15, -0.1) is 0 Å². The van der Waals surface area contributed by atoms with E-state index >= 15 is 0 Å². The Hall–Kier alpha value is -3.55. The van der Waals surface area contributed by atoms with Crippen LogP contribution in [0, 0.1) is 0 Å². The molecular formula is C22H34N6O7. The fourth-order valence-corrected chi connectivity index (χ4v) is 3.14. The van der Waals surface area contributed by atoms with Gasteiger partial charge in [-0.25, -0.2) is 4.79 Å². The molecule has 13 heteroatoms. The molecule has 0 saturated carbocycles. The van der Waals surface area contributed by atoms with Crippen molar-refractivity contribution >= 4 is 29.6 Å². The number of nitrogens with two attached hydrogens (primary N) is 3. The molecule has 1 aromatic rings. The molecule has 0 saturated heterocycles. The third-order valence-electron chi connectivity index (χ3n) is 5.05.